The molecule has 0 heterocycles. The number of hydrogen-bond donors (Lipinski definition) is 2. The summed E-state index contributed by atoms with van der Waals surface area (Å²) in [7, 11) is -3.70. The van der Waals surface area contributed by atoms with E-state index in [-0.39, 0.29) is 24.1 Å². The zero-order chi connectivity index (χ0) is 21.3. The Hall–Kier alpha value is -3.13. The van der Waals surface area contributed by atoms with Crippen molar-refractivity contribution in [2.45, 2.75) is 26.3 Å². The van der Waals surface area contributed by atoms with Gasteiger partial charge in [0.05, 0.1) is 11.0 Å². The molecule has 7 nitrogen and oxygen atoms in total. The molecule has 0 fully saturated rings. The van der Waals surface area contributed by atoms with Crippen molar-refractivity contribution in [1.29, 1.82) is 0 Å². The minimum Gasteiger partial charge on any atom is -0.452 e. The molecule has 0 radical (unpaired) electrons. The number of carbonyl (C=O) groups is 2. The second-order valence-electron chi connectivity index (χ2n) is 6.39. The zero-order valence-corrected chi connectivity index (χ0v) is 17.1. The molecule has 0 saturated carbocycles. The molecule has 0 aromatic heterocycles. The van der Waals surface area contributed by atoms with Crippen LogP contribution in [0.5, 0.6) is 0 Å². The molecular weight excluding hydrogens is 392 g/mol. The summed E-state index contributed by atoms with van der Waals surface area (Å²) in [5.74, 6) is -1.04. The molecule has 1 amide bonds. The van der Waals surface area contributed by atoms with Crippen LogP contribution in [0, 0.1) is 0 Å². The maximum Gasteiger partial charge on any atom is 0.338 e. The third kappa shape index (κ3) is 7.79. The fraction of sp³-hybridized carbons (Fsp3) is 0.238. The van der Waals surface area contributed by atoms with E-state index in [4.69, 9.17) is 4.74 Å². The maximum atomic E-state index is 12.1. The highest BCUT2D eigenvalue weighted by atomic mass is 32.2. The lowest BCUT2D eigenvalue weighted by Crippen LogP contribution is -2.35. The van der Waals surface area contributed by atoms with Crippen LogP contribution in [0.1, 0.15) is 36.2 Å². The Morgan fingerprint density at radius 3 is 2.34 bits per heavy atom. The van der Waals surface area contributed by atoms with Gasteiger partial charge in [0.25, 0.3) is 15.9 Å². The number of anilines is 1. The van der Waals surface area contributed by atoms with E-state index >= 15 is 0 Å². The van der Waals surface area contributed by atoms with E-state index in [1.165, 1.54) is 30.3 Å². The van der Waals surface area contributed by atoms with Gasteiger partial charge < -0.3 is 10.1 Å². The van der Waals surface area contributed by atoms with Crippen molar-refractivity contribution < 1.29 is 22.7 Å². The number of rotatable bonds is 9. The van der Waals surface area contributed by atoms with Crippen LogP contribution in [-0.4, -0.2) is 32.9 Å². The van der Waals surface area contributed by atoms with Gasteiger partial charge in [0, 0.05) is 11.7 Å². The van der Waals surface area contributed by atoms with Crippen molar-refractivity contribution in [2.75, 3.05) is 11.3 Å². The lowest BCUT2D eigenvalue weighted by Gasteiger charge is -2.11. The van der Waals surface area contributed by atoms with Gasteiger partial charge in [-0.2, -0.15) is 0 Å². The molecule has 0 aliphatic rings. The highest BCUT2D eigenvalue weighted by molar-refractivity contribution is 7.95. The summed E-state index contributed by atoms with van der Waals surface area (Å²) in [5.41, 5.74) is 1.27. The number of hydrogen-bond acceptors (Lipinski definition) is 5. The predicted molar refractivity (Wildman–Crippen MR) is 113 cm³/mol. The third-order valence-electron chi connectivity index (χ3n) is 3.97. The molecule has 0 aliphatic carbocycles. The van der Waals surface area contributed by atoms with E-state index in [1.807, 2.05) is 32.0 Å². The summed E-state index contributed by atoms with van der Waals surface area (Å²) < 4.78 is 31.7. The second kappa shape index (κ2) is 10.4. The second-order valence-corrected chi connectivity index (χ2v) is 7.96. The van der Waals surface area contributed by atoms with Gasteiger partial charge >= 0.3 is 5.97 Å². The quantitative estimate of drug-likeness (QED) is 0.612. The summed E-state index contributed by atoms with van der Waals surface area (Å²) in [6.45, 7) is 3.42. The minimum atomic E-state index is -3.70. The largest absolute Gasteiger partial charge is 0.452 e. The molecule has 154 valence electrons. The van der Waals surface area contributed by atoms with Crippen LogP contribution < -0.4 is 10.0 Å². The number of nitrogens with one attached hydrogen (secondary N) is 2. The monoisotopic (exact) mass is 416 g/mol. The average Bonchev–Trinajstić information content (AvgIpc) is 2.71. The molecule has 0 aliphatic heterocycles. The lowest BCUT2D eigenvalue weighted by molar-refractivity contribution is -0.124. The van der Waals surface area contributed by atoms with E-state index in [1.54, 1.807) is 12.1 Å². The van der Waals surface area contributed by atoms with Crippen LogP contribution in [0.25, 0.3) is 6.08 Å². The van der Waals surface area contributed by atoms with Gasteiger partial charge in [0.15, 0.2) is 6.61 Å². The molecule has 0 bridgehead atoms. The molecule has 0 saturated heterocycles. The SMILES string of the molecule is CC[C@@H](C)NC(=O)COC(=O)c1ccc(NS(=O)(=O)/C=C/c2ccccc2)cc1. The summed E-state index contributed by atoms with van der Waals surface area (Å²) in [6, 6.07) is 14.8. The molecule has 2 rings (SSSR count). The van der Waals surface area contributed by atoms with Crippen molar-refractivity contribution in [1.82, 2.24) is 5.32 Å². The summed E-state index contributed by atoms with van der Waals surface area (Å²) in [4.78, 5) is 23.7. The van der Waals surface area contributed by atoms with Gasteiger partial charge in [-0.15, -0.1) is 0 Å². The first-order valence-electron chi connectivity index (χ1n) is 9.11. The first-order valence-corrected chi connectivity index (χ1v) is 10.7. The van der Waals surface area contributed by atoms with E-state index in [0.717, 1.165) is 17.4 Å². The molecule has 2 aromatic rings. The Morgan fingerprint density at radius 2 is 1.72 bits per heavy atom. The molecule has 29 heavy (non-hydrogen) atoms. The van der Waals surface area contributed by atoms with Crippen LogP contribution in [0.3, 0.4) is 0 Å². The first-order chi connectivity index (χ1) is 13.8. The lowest BCUT2D eigenvalue weighted by atomic mass is 10.2. The van der Waals surface area contributed by atoms with Gasteiger partial charge in [0.2, 0.25) is 0 Å². The van der Waals surface area contributed by atoms with E-state index < -0.39 is 16.0 Å². The highest BCUT2D eigenvalue weighted by Crippen LogP contribution is 2.13. The minimum absolute atomic E-state index is 0.00412. The summed E-state index contributed by atoms with van der Waals surface area (Å²) in [5, 5.41) is 3.77. The van der Waals surface area contributed by atoms with Crippen LogP contribution in [0.15, 0.2) is 60.0 Å². The van der Waals surface area contributed by atoms with Crippen molar-refractivity contribution in [3.63, 3.8) is 0 Å². The van der Waals surface area contributed by atoms with Crippen molar-refractivity contribution in [3.8, 4) is 0 Å². The number of carbonyl (C=O) groups excluding carboxylic acids is 2. The first kappa shape index (κ1) is 22.2. The normalized spacial score (nSPS) is 12.3. The van der Waals surface area contributed by atoms with Gasteiger partial charge in [0.1, 0.15) is 0 Å². The van der Waals surface area contributed by atoms with Crippen LogP contribution in [-0.2, 0) is 19.6 Å². The molecule has 8 heteroatoms. The van der Waals surface area contributed by atoms with Gasteiger partial charge in [-0.1, -0.05) is 37.3 Å². The Morgan fingerprint density at radius 1 is 1.07 bits per heavy atom. The Kier molecular flexibility index (Phi) is 7.97. The third-order valence-corrected chi connectivity index (χ3v) is 4.99. The van der Waals surface area contributed by atoms with E-state index in [0.29, 0.717) is 5.69 Å². The van der Waals surface area contributed by atoms with E-state index in [2.05, 4.69) is 10.0 Å². The molecule has 0 unspecified atom stereocenters. The summed E-state index contributed by atoms with van der Waals surface area (Å²) >= 11 is 0. The molecule has 1 atom stereocenters. The van der Waals surface area contributed by atoms with Crippen molar-refractivity contribution in [3.05, 3.63) is 71.1 Å². The molecule has 0 spiro atoms. The Balaban J connectivity index is 1.91. The standard InChI is InChI=1S/C21H24N2O5S/c1-3-16(2)22-20(24)15-28-21(25)18-9-11-19(12-10-18)23-29(26,27)14-13-17-7-5-4-6-8-17/h4-14,16,23H,3,15H2,1-2H3,(H,22,24)/b14-13+/t16-/m1/s1. The van der Waals surface area contributed by atoms with Gasteiger partial charge in [-0.05, 0) is 49.2 Å². The topological polar surface area (TPSA) is 102 Å². The van der Waals surface area contributed by atoms with Crippen molar-refractivity contribution in [2.24, 2.45) is 0 Å². The predicted octanol–water partition coefficient (Wildman–Crippen LogP) is 3.17. The molecular formula is C21H24N2O5S. The number of benzene rings is 2. The smallest absolute Gasteiger partial charge is 0.338 e. The Labute approximate surface area is 170 Å². The van der Waals surface area contributed by atoms with Crippen LogP contribution in [0.2, 0.25) is 0 Å². The maximum absolute atomic E-state index is 12.1. The fourth-order valence-corrected chi connectivity index (χ4v) is 3.11. The van der Waals surface area contributed by atoms with E-state index in [9.17, 15) is 18.0 Å². The van der Waals surface area contributed by atoms with Crippen LogP contribution >= 0.6 is 0 Å². The zero-order valence-electron chi connectivity index (χ0n) is 16.3. The molecule has 2 N–H and O–H groups in total. The van der Waals surface area contributed by atoms with Crippen molar-refractivity contribution >= 4 is 33.7 Å². The number of esters is 1. The fourth-order valence-electron chi connectivity index (χ4n) is 2.24. The van der Waals surface area contributed by atoms with Gasteiger partial charge in [-0.25, -0.2) is 13.2 Å². The molecule has 2 aromatic carbocycles. The average molecular weight is 416 g/mol. The number of ether oxygens (including phenoxy) is 1. The highest BCUT2D eigenvalue weighted by Gasteiger charge is 2.12. The Bertz CT molecular complexity index is 954. The van der Waals surface area contributed by atoms with Crippen LogP contribution in [0.4, 0.5) is 5.69 Å². The number of amides is 1. The summed E-state index contributed by atoms with van der Waals surface area (Å²) in [6.07, 6.45) is 2.26. The number of sulfonamides is 1. The van der Waals surface area contributed by atoms with Gasteiger partial charge in [-0.3, -0.25) is 9.52 Å².